The van der Waals surface area contributed by atoms with E-state index >= 15 is 0 Å². The fourth-order valence-corrected chi connectivity index (χ4v) is 4.55. The van der Waals surface area contributed by atoms with E-state index in [9.17, 15) is 8.42 Å². The van der Waals surface area contributed by atoms with Crippen LogP contribution in [0.15, 0.2) is 35.5 Å². The van der Waals surface area contributed by atoms with Crippen LogP contribution in [0.2, 0.25) is 0 Å². The van der Waals surface area contributed by atoms with E-state index in [4.69, 9.17) is 14.2 Å². The molecule has 1 aromatic carbocycles. The molecule has 0 spiro atoms. The molecule has 3 rings (SSSR count). The van der Waals surface area contributed by atoms with Gasteiger partial charge in [-0.3, -0.25) is 0 Å². The van der Waals surface area contributed by atoms with Crippen molar-refractivity contribution in [1.82, 2.24) is 14.3 Å². The van der Waals surface area contributed by atoms with E-state index in [1.165, 1.54) is 30.9 Å². The van der Waals surface area contributed by atoms with E-state index in [-0.39, 0.29) is 29.3 Å². The van der Waals surface area contributed by atoms with Gasteiger partial charge >= 0.3 is 0 Å². The number of aryl methyl sites for hydroxylation is 1. The predicted octanol–water partition coefficient (Wildman–Crippen LogP) is 1.64. The minimum absolute atomic E-state index is 0.165. The van der Waals surface area contributed by atoms with E-state index in [0.717, 1.165) is 5.56 Å². The zero-order valence-electron chi connectivity index (χ0n) is 14.9. The van der Waals surface area contributed by atoms with E-state index in [1.54, 1.807) is 12.1 Å². The molecule has 1 aromatic heterocycles. The molecule has 1 aliphatic rings. The average molecular weight is 379 g/mol. The molecule has 1 saturated heterocycles. The summed E-state index contributed by atoms with van der Waals surface area (Å²) in [4.78, 5) is 8.29. The molecule has 1 aliphatic heterocycles. The van der Waals surface area contributed by atoms with Crippen LogP contribution in [0.1, 0.15) is 12.0 Å². The average Bonchev–Trinajstić information content (AvgIpc) is 3.11. The minimum atomic E-state index is -3.68. The summed E-state index contributed by atoms with van der Waals surface area (Å²) < 4.78 is 43.6. The van der Waals surface area contributed by atoms with Gasteiger partial charge in [-0.05, 0) is 31.0 Å². The smallest absolute Gasteiger partial charge is 0.278 e. The maximum absolute atomic E-state index is 13.0. The number of nitrogens with zero attached hydrogens (tertiary/aromatic N) is 3. The quantitative estimate of drug-likeness (QED) is 0.753. The van der Waals surface area contributed by atoms with Gasteiger partial charge in [-0.25, -0.2) is 18.4 Å². The molecule has 0 radical (unpaired) electrons. The van der Waals surface area contributed by atoms with Gasteiger partial charge in [0.25, 0.3) is 11.8 Å². The highest BCUT2D eigenvalue weighted by Gasteiger charge is 2.36. The first kappa shape index (κ1) is 18.4. The van der Waals surface area contributed by atoms with Gasteiger partial charge in [0, 0.05) is 18.9 Å². The summed E-state index contributed by atoms with van der Waals surface area (Å²) in [6, 6.07) is 5.10. The van der Waals surface area contributed by atoms with Crippen LogP contribution in [-0.4, -0.2) is 56.1 Å². The van der Waals surface area contributed by atoms with Crippen LogP contribution in [-0.2, 0) is 10.0 Å². The summed E-state index contributed by atoms with van der Waals surface area (Å²) >= 11 is 0. The Bertz CT molecular complexity index is 888. The van der Waals surface area contributed by atoms with E-state index < -0.39 is 10.0 Å². The van der Waals surface area contributed by atoms with Crippen LogP contribution in [0.4, 0.5) is 0 Å². The zero-order valence-corrected chi connectivity index (χ0v) is 15.7. The van der Waals surface area contributed by atoms with Crippen LogP contribution in [0.5, 0.6) is 17.5 Å². The Kier molecular flexibility index (Phi) is 5.28. The summed E-state index contributed by atoms with van der Waals surface area (Å²) in [5.41, 5.74) is 0.848. The van der Waals surface area contributed by atoms with Gasteiger partial charge in [0.2, 0.25) is 10.0 Å². The molecule has 1 unspecified atom stereocenters. The van der Waals surface area contributed by atoms with Crippen LogP contribution in [0.25, 0.3) is 0 Å². The number of aromatic nitrogens is 2. The predicted molar refractivity (Wildman–Crippen MR) is 94.1 cm³/mol. The number of rotatable bonds is 6. The molecule has 0 aliphatic carbocycles. The van der Waals surface area contributed by atoms with Gasteiger partial charge in [-0.15, -0.1) is 0 Å². The highest BCUT2D eigenvalue weighted by atomic mass is 32.2. The first-order valence-corrected chi connectivity index (χ1v) is 9.56. The third-order valence-corrected chi connectivity index (χ3v) is 6.04. The Hall–Kier alpha value is -2.39. The van der Waals surface area contributed by atoms with E-state index in [2.05, 4.69) is 9.97 Å². The number of methoxy groups -OCH3 is 2. The summed E-state index contributed by atoms with van der Waals surface area (Å²) in [7, 11) is -0.747. The van der Waals surface area contributed by atoms with Gasteiger partial charge in [-0.2, -0.15) is 4.31 Å². The molecular formula is C17H21N3O5S. The van der Waals surface area contributed by atoms with Crippen molar-refractivity contribution in [2.75, 3.05) is 27.3 Å². The lowest BCUT2D eigenvalue weighted by molar-refractivity contribution is 0.194. The Balaban J connectivity index is 1.79. The van der Waals surface area contributed by atoms with Crippen molar-refractivity contribution in [1.29, 1.82) is 0 Å². The Labute approximate surface area is 152 Å². The molecule has 0 amide bonds. The third kappa shape index (κ3) is 3.58. The van der Waals surface area contributed by atoms with Crippen LogP contribution in [0.3, 0.4) is 0 Å². The highest BCUT2D eigenvalue weighted by molar-refractivity contribution is 7.89. The lowest BCUT2D eigenvalue weighted by Crippen LogP contribution is -2.31. The van der Waals surface area contributed by atoms with Crippen molar-refractivity contribution in [3.05, 3.63) is 36.2 Å². The van der Waals surface area contributed by atoms with E-state index in [0.29, 0.717) is 18.7 Å². The lowest BCUT2D eigenvalue weighted by atomic mass is 10.2. The van der Waals surface area contributed by atoms with Crippen molar-refractivity contribution in [3.63, 3.8) is 0 Å². The SMILES string of the molecule is COc1ccc(C)cc1S(=O)(=O)N1CCC(Oc2nccnc2OC)C1. The van der Waals surface area contributed by atoms with Gasteiger partial charge in [0.05, 0.1) is 20.8 Å². The van der Waals surface area contributed by atoms with Crippen molar-refractivity contribution >= 4 is 10.0 Å². The maximum Gasteiger partial charge on any atom is 0.278 e. The van der Waals surface area contributed by atoms with Gasteiger partial charge in [-0.1, -0.05) is 6.07 Å². The zero-order chi connectivity index (χ0) is 18.7. The molecule has 0 N–H and O–H groups in total. The second-order valence-electron chi connectivity index (χ2n) is 5.92. The first-order valence-electron chi connectivity index (χ1n) is 8.12. The second kappa shape index (κ2) is 7.46. The highest BCUT2D eigenvalue weighted by Crippen LogP contribution is 2.31. The molecular weight excluding hydrogens is 358 g/mol. The molecule has 9 heteroatoms. The van der Waals surface area contributed by atoms with Gasteiger partial charge in [0.1, 0.15) is 16.7 Å². The fraction of sp³-hybridized carbons (Fsp3) is 0.412. The van der Waals surface area contributed by atoms with Crippen molar-refractivity contribution in [3.8, 4) is 17.5 Å². The number of benzene rings is 1. The molecule has 2 heterocycles. The number of hydrogen-bond donors (Lipinski definition) is 0. The topological polar surface area (TPSA) is 90.9 Å². The fourth-order valence-electron chi connectivity index (χ4n) is 2.83. The molecule has 2 aromatic rings. The number of ether oxygens (including phenoxy) is 3. The Morgan fingerprint density at radius 3 is 2.54 bits per heavy atom. The lowest BCUT2D eigenvalue weighted by Gasteiger charge is -2.19. The molecule has 140 valence electrons. The van der Waals surface area contributed by atoms with Gasteiger partial charge in [0.15, 0.2) is 0 Å². The monoisotopic (exact) mass is 379 g/mol. The largest absolute Gasteiger partial charge is 0.495 e. The molecule has 8 nitrogen and oxygen atoms in total. The maximum atomic E-state index is 13.0. The van der Waals surface area contributed by atoms with Crippen molar-refractivity contribution in [2.24, 2.45) is 0 Å². The van der Waals surface area contributed by atoms with Crippen molar-refractivity contribution < 1.29 is 22.6 Å². The Morgan fingerprint density at radius 2 is 1.85 bits per heavy atom. The summed E-state index contributed by atoms with van der Waals surface area (Å²) in [5, 5.41) is 0. The molecule has 0 saturated carbocycles. The minimum Gasteiger partial charge on any atom is -0.495 e. The number of sulfonamides is 1. The molecule has 1 fully saturated rings. The summed E-state index contributed by atoms with van der Waals surface area (Å²) in [6.07, 6.45) is 3.22. The summed E-state index contributed by atoms with van der Waals surface area (Å²) in [6.45, 7) is 2.42. The standard InChI is InChI=1S/C17H21N3O5S/c1-12-4-5-14(23-2)15(10-12)26(21,22)20-9-6-13(11-20)25-17-16(24-3)18-7-8-19-17/h4-5,7-8,10,13H,6,9,11H2,1-3H3. The van der Waals surface area contributed by atoms with Gasteiger partial charge < -0.3 is 14.2 Å². The van der Waals surface area contributed by atoms with Crippen LogP contribution in [0, 0.1) is 6.92 Å². The molecule has 1 atom stereocenters. The normalized spacial score (nSPS) is 17.9. The first-order chi connectivity index (χ1) is 12.5. The second-order valence-corrected chi connectivity index (χ2v) is 7.82. The van der Waals surface area contributed by atoms with Crippen LogP contribution >= 0.6 is 0 Å². The summed E-state index contributed by atoms with van der Waals surface area (Å²) in [5.74, 6) is 0.858. The molecule has 26 heavy (non-hydrogen) atoms. The van der Waals surface area contributed by atoms with E-state index in [1.807, 2.05) is 13.0 Å². The third-order valence-electron chi connectivity index (χ3n) is 4.15. The number of hydrogen-bond acceptors (Lipinski definition) is 7. The van der Waals surface area contributed by atoms with Crippen molar-refractivity contribution in [2.45, 2.75) is 24.3 Å². The molecule has 0 bridgehead atoms. The Morgan fingerprint density at radius 1 is 1.12 bits per heavy atom. The van der Waals surface area contributed by atoms with Crippen LogP contribution < -0.4 is 14.2 Å².